The van der Waals surface area contributed by atoms with E-state index in [9.17, 15) is 0 Å². The molecule has 0 spiro atoms. The summed E-state index contributed by atoms with van der Waals surface area (Å²) in [6.45, 7) is 2.72. The second kappa shape index (κ2) is 7.08. The molecule has 1 unspecified atom stereocenters. The van der Waals surface area contributed by atoms with Crippen molar-refractivity contribution in [3.8, 4) is 5.75 Å². The third-order valence-corrected chi connectivity index (χ3v) is 4.23. The van der Waals surface area contributed by atoms with E-state index < -0.39 is 0 Å². The quantitative estimate of drug-likeness (QED) is 0.847. The summed E-state index contributed by atoms with van der Waals surface area (Å²) in [5, 5.41) is 4.17. The van der Waals surface area contributed by atoms with Crippen molar-refractivity contribution < 1.29 is 4.74 Å². The normalized spacial score (nSPS) is 12.4. The zero-order chi connectivity index (χ0) is 13.7. The van der Waals surface area contributed by atoms with E-state index in [1.54, 1.807) is 11.3 Å². The first kappa shape index (κ1) is 14.6. The second-order valence-corrected chi connectivity index (χ2v) is 6.24. The molecule has 1 aromatic carbocycles. The molecule has 19 heavy (non-hydrogen) atoms. The zero-order valence-corrected chi connectivity index (χ0v) is 13.3. The van der Waals surface area contributed by atoms with Gasteiger partial charge in [-0.3, -0.25) is 0 Å². The molecular formula is C15H18BrNOS. The molecule has 0 aliphatic rings. The van der Waals surface area contributed by atoms with Crippen molar-refractivity contribution >= 4 is 27.3 Å². The molecule has 0 saturated carbocycles. The molecule has 2 aromatic rings. The van der Waals surface area contributed by atoms with Gasteiger partial charge in [0.2, 0.25) is 0 Å². The predicted octanol–water partition coefficient (Wildman–Crippen LogP) is 4.37. The van der Waals surface area contributed by atoms with Crippen LogP contribution in [0.1, 0.15) is 24.5 Å². The monoisotopic (exact) mass is 339 g/mol. The molecule has 4 heteroatoms. The molecule has 0 aliphatic heterocycles. The zero-order valence-electron chi connectivity index (χ0n) is 10.9. The minimum absolute atomic E-state index is 0.179. The predicted molar refractivity (Wildman–Crippen MR) is 84.8 cm³/mol. The van der Waals surface area contributed by atoms with E-state index in [0.717, 1.165) is 23.1 Å². The number of ether oxygens (including phenoxy) is 1. The summed E-state index contributed by atoms with van der Waals surface area (Å²) in [6, 6.07) is 8.37. The van der Waals surface area contributed by atoms with Crippen molar-refractivity contribution in [3.63, 3.8) is 0 Å². The van der Waals surface area contributed by atoms with Gasteiger partial charge in [-0.25, -0.2) is 0 Å². The Kier molecular flexibility index (Phi) is 5.43. The van der Waals surface area contributed by atoms with Crippen LogP contribution in [0.25, 0.3) is 0 Å². The van der Waals surface area contributed by atoms with Crippen molar-refractivity contribution in [3.05, 3.63) is 50.6 Å². The Labute approximate surface area is 126 Å². The average Bonchev–Trinajstić information content (AvgIpc) is 2.91. The Hall–Kier alpha value is -0.840. The number of rotatable bonds is 6. The highest BCUT2D eigenvalue weighted by atomic mass is 79.9. The number of hydrogen-bond acceptors (Lipinski definition) is 3. The highest BCUT2D eigenvalue weighted by molar-refractivity contribution is 9.10. The molecule has 0 fully saturated rings. The maximum Gasteiger partial charge on any atom is 0.123 e. The van der Waals surface area contributed by atoms with Crippen LogP contribution in [-0.4, -0.2) is 6.04 Å². The van der Waals surface area contributed by atoms with E-state index >= 15 is 0 Å². The maximum atomic E-state index is 6.05. The van der Waals surface area contributed by atoms with Crippen molar-refractivity contribution in [2.75, 3.05) is 0 Å². The van der Waals surface area contributed by atoms with Crippen LogP contribution in [-0.2, 0) is 13.0 Å². The summed E-state index contributed by atoms with van der Waals surface area (Å²) in [4.78, 5) is 0. The smallest absolute Gasteiger partial charge is 0.123 e. The van der Waals surface area contributed by atoms with Gasteiger partial charge in [-0.1, -0.05) is 22.9 Å². The standard InChI is InChI=1S/C15H18BrNOS/c1-2-14(17)8-12-7-13(16)3-4-15(12)18-9-11-5-6-19-10-11/h3-7,10,14H,2,8-9,17H2,1H3. The fourth-order valence-corrected chi connectivity index (χ4v) is 2.87. The molecular weight excluding hydrogens is 322 g/mol. The average molecular weight is 340 g/mol. The fourth-order valence-electron chi connectivity index (χ4n) is 1.81. The molecule has 2 rings (SSSR count). The minimum atomic E-state index is 0.179. The highest BCUT2D eigenvalue weighted by Gasteiger charge is 2.09. The molecule has 1 atom stereocenters. The third kappa shape index (κ3) is 4.34. The Morgan fingerprint density at radius 1 is 1.37 bits per heavy atom. The molecule has 0 radical (unpaired) electrons. The van der Waals surface area contributed by atoms with E-state index in [1.165, 1.54) is 11.1 Å². The van der Waals surface area contributed by atoms with E-state index in [0.29, 0.717) is 6.61 Å². The lowest BCUT2D eigenvalue weighted by Gasteiger charge is -2.14. The number of halogens is 1. The molecule has 0 bridgehead atoms. The summed E-state index contributed by atoms with van der Waals surface area (Å²) in [5.74, 6) is 0.929. The molecule has 0 amide bonds. The van der Waals surface area contributed by atoms with Gasteiger partial charge in [0, 0.05) is 10.5 Å². The van der Waals surface area contributed by atoms with Crippen molar-refractivity contribution in [2.24, 2.45) is 5.73 Å². The maximum absolute atomic E-state index is 6.05. The molecule has 1 heterocycles. The summed E-state index contributed by atoms with van der Waals surface area (Å²) >= 11 is 5.19. The van der Waals surface area contributed by atoms with Gasteiger partial charge in [0.1, 0.15) is 12.4 Å². The molecule has 0 aliphatic carbocycles. The summed E-state index contributed by atoms with van der Waals surface area (Å²) < 4.78 is 6.98. The SMILES string of the molecule is CCC(N)Cc1cc(Br)ccc1OCc1ccsc1. The lowest BCUT2D eigenvalue weighted by atomic mass is 10.0. The number of benzene rings is 1. The van der Waals surface area contributed by atoms with Crippen molar-refractivity contribution in [1.29, 1.82) is 0 Å². The molecule has 1 aromatic heterocycles. The summed E-state index contributed by atoms with van der Waals surface area (Å²) in [7, 11) is 0. The molecule has 2 N–H and O–H groups in total. The van der Waals surface area contributed by atoms with Crippen LogP contribution in [0.3, 0.4) is 0 Å². The summed E-state index contributed by atoms with van der Waals surface area (Å²) in [5.41, 5.74) is 8.42. The fraction of sp³-hybridized carbons (Fsp3) is 0.333. The van der Waals surface area contributed by atoms with Gasteiger partial charge in [0.05, 0.1) is 0 Å². The van der Waals surface area contributed by atoms with Gasteiger partial charge in [-0.15, -0.1) is 0 Å². The second-order valence-electron chi connectivity index (χ2n) is 4.54. The van der Waals surface area contributed by atoms with Gasteiger partial charge in [-0.2, -0.15) is 11.3 Å². The largest absolute Gasteiger partial charge is 0.489 e. The van der Waals surface area contributed by atoms with E-state index in [-0.39, 0.29) is 6.04 Å². The van der Waals surface area contributed by atoms with Crippen molar-refractivity contribution in [2.45, 2.75) is 32.4 Å². The van der Waals surface area contributed by atoms with Gasteiger partial charge < -0.3 is 10.5 Å². The first-order valence-corrected chi connectivity index (χ1v) is 8.10. The van der Waals surface area contributed by atoms with Crippen LogP contribution in [0.5, 0.6) is 5.75 Å². The Balaban J connectivity index is 2.09. The Bertz CT molecular complexity index is 513. The van der Waals surface area contributed by atoms with Gasteiger partial charge in [-0.05, 0) is 59.0 Å². The van der Waals surface area contributed by atoms with Crippen LogP contribution in [0.4, 0.5) is 0 Å². The van der Waals surface area contributed by atoms with Crippen LogP contribution in [0, 0.1) is 0 Å². The Morgan fingerprint density at radius 2 is 2.21 bits per heavy atom. The first-order valence-electron chi connectivity index (χ1n) is 6.37. The highest BCUT2D eigenvalue weighted by Crippen LogP contribution is 2.25. The van der Waals surface area contributed by atoms with Crippen LogP contribution < -0.4 is 10.5 Å². The summed E-state index contributed by atoms with van der Waals surface area (Å²) in [6.07, 6.45) is 1.81. The number of hydrogen-bond donors (Lipinski definition) is 1. The lowest BCUT2D eigenvalue weighted by Crippen LogP contribution is -2.21. The van der Waals surface area contributed by atoms with Crippen molar-refractivity contribution in [1.82, 2.24) is 0 Å². The number of nitrogens with two attached hydrogens (primary N) is 1. The molecule has 0 saturated heterocycles. The van der Waals surface area contributed by atoms with Crippen LogP contribution in [0.15, 0.2) is 39.5 Å². The third-order valence-electron chi connectivity index (χ3n) is 3.00. The minimum Gasteiger partial charge on any atom is -0.489 e. The lowest BCUT2D eigenvalue weighted by molar-refractivity contribution is 0.302. The molecule has 102 valence electrons. The van der Waals surface area contributed by atoms with E-state index in [1.807, 2.05) is 12.1 Å². The van der Waals surface area contributed by atoms with E-state index in [4.69, 9.17) is 10.5 Å². The van der Waals surface area contributed by atoms with Gasteiger partial charge in [0.15, 0.2) is 0 Å². The first-order chi connectivity index (χ1) is 9.19. The van der Waals surface area contributed by atoms with Gasteiger partial charge in [0.25, 0.3) is 0 Å². The van der Waals surface area contributed by atoms with Crippen LogP contribution in [0.2, 0.25) is 0 Å². The molecule has 2 nitrogen and oxygen atoms in total. The topological polar surface area (TPSA) is 35.2 Å². The van der Waals surface area contributed by atoms with E-state index in [2.05, 4.69) is 45.7 Å². The van der Waals surface area contributed by atoms with Crippen LogP contribution >= 0.6 is 27.3 Å². The van der Waals surface area contributed by atoms with Gasteiger partial charge >= 0.3 is 0 Å². The number of thiophene rings is 1. The Morgan fingerprint density at radius 3 is 2.89 bits per heavy atom.